The van der Waals surface area contributed by atoms with E-state index in [1.807, 2.05) is 0 Å². The third-order valence-corrected chi connectivity index (χ3v) is 1.85. The van der Waals surface area contributed by atoms with Crippen LogP contribution in [-0.2, 0) is 9.47 Å². The van der Waals surface area contributed by atoms with Crippen LogP contribution in [0.25, 0.3) is 0 Å². The van der Waals surface area contributed by atoms with Gasteiger partial charge in [-0.2, -0.15) is 0 Å². The van der Waals surface area contributed by atoms with Crippen molar-refractivity contribution in [1.29, 1.82) is 0 Å². The minimum Gasteiger partial charge on any atom is -0.359 e. The molecule has 0 amide bonds. The molecule has 2 N–H and O–H groups in total. The van der Waals surface area contributed by atoms with Crippen LogP contribution in [0, 0.1) is 0 Å². The Kier molecular flexibility index (Phi) is 3.12. The lowest BCUT2D eigenvalue weighted by molar-refractivity contribution is -0.0689. The average molecular weight is 145 g/mol. The highest BCUT2D eigenvalue weighted by atomic mass is 16.7. The summed E-state index contributed by atoms with van der Waals surface area (Å²) in [5, 5.41) is 0. The zero-order chi connectivity index (χ0) is 7.40. The fraction of sp³-hybridized carbons (Fsp3) is 1.00. The lowest BCUT2D eigenvalue weighted by Gasteiger charge is -2.09. The molecule has 0 saturated heterocycles. The van der Waals surface area contributed by atoms with E-state index in [0.717, 1.165) is 19.3 Å². The van der Waals surface area contributed by atoms with E-state index in [-0.39, 0.29) is 0 Å². The van der Waals surface area contributed by atoms with Gasteiger partial charge in [-0.05, 0) is 19.3 Å². The van der Waals surface area contributed by atoms with Gasteiger partial charge < -0.3 is 15.2 Å². The summed E-state index contributed by atoms with van der Waals surface area (Å²) in [4.78, 5) is 0. The lowest BCUT2D eigenvalue weighted by Crippen LogP contribution is -2.18. The first kappa shape index (κ1) is 7.98. The molecule has 1 saturated carbocycles. The van der Waals surface area contributed by atoms with E-state index in [1.54, 1.807) is 7.11 Å². The number of nitrogens with two attached hydrogens (primary N) is 1. The molecule has 10 heavy (non-hydrogen) atoms. The van der Waals surface area contributed by atoms with Crippen molar-refractivity contribution in [2.24, 2.45) is 5.73 Å². The minimum atomic E-state index is 0.343. The van der Waals surface area contributed by atoms with Crippen LogP contribution in [0.2, 0.25) is 0 Å². The van der Waals surface area contributed by atoms with Crippen LogP contribution < -0.4 is 5.73 Å². The molecule has 3 nitrogen and oxygen atoms in total. The van der Waals surface area contributed by atoms with Gasteiger partial charge in [0.05, 0.1) is 6.10 Å². The molecule has 1 aliphatic carbocycles. The van der Waals surface area contributed by atoms with Crippen LogP contribution >= 0.6 is 0 Å². The first-order valence-corrected chi connectivity index (χ1v) is 3.69. The smallest absolute Gasteiger partial charge is 0.146 e. The van der Waals surface area contributed by atoms with E-state index < -0.39 is 0 Å². The molecule has 0 aromatic carbocycles. The zero-order valence-electron chi connectivity index (χ0n) is 6.38. The molecule has 0 aliphatic heterocycles. The topological polar surface area (TPSA) is 44.5 Å². The number of ether oxygens (including phenoxy) is 2. The Labute approximate surface area is 61.5 Å². The summed E-state index contributed by atoms with van der Waals surface area (Å²) < 4.78 is 10.1. The largest absolute Gasteiger partial charge is 0.359 e. The van der Waals surface area contributed by atoms with Gasteiger partial charge in [0.2, 0.25) is 0 Å². The SMILES string of the molecule is COCO[C@H]1CC[C@@H](N)C1. The van der Waals surface area contributed by atoms with Crippen LogP contribution in [0.15, 0.2) is 0 Å². The van der Waals surface area contributed by atoms with Crippen LogP contribution in [-0.4, -0.2) is 26.0 Å². The Morgan fingerprint density at radius 1 is 1.50 bits per heavy atom. The number of rotatable bonds is 3. The summed E-state index contributed by atoms with van der Waals surface area (Å²) in [6.45, 7) is 0.400. The van der Waals surface area contributed by atoms with Crippen molar-refractivity contribution in [1.82, 2.24) is 0 Å². The second kappa shape index (κ2) is 3.91. The van der Waals surface area contributed by atoms with Crippen molar-refractivity contribution in [2.45, 2.75) is 31.4 Å². The molecule has 0 aromatic heterocycles. The molecule has 0 bridgehead atoms. The van der Waals surface area contributed by atoms with Crippen LogP contribution in [0.3, 0.4) is 0 Å². The highest BCUT2D eigenvalue weighted by Crippen LogP contribution is 2.19. The summed E-state index contributed by atoms with van der Waals surface area (Å²) in [6.07, 6.45) is 3.51. The highest BCUT2D eigenvalue weighted by Gasteiger charge is 2.21. The molecular weight excluding hydrogens is 130 g/mol. The van der Waals surface area contributed by atoms with Gasteiger partial charge in [0, 0.05) is 13.2 Å². The summed E-state index contributed by atoms with van der Waals surface area (Å²) in [6, 6.07) is 0.349. The van der Waals surface area contributed by atoms with Gasteiger partial charge >= 0.3 is 0 Å². The summed E-state index contributed by atoms with van der Waals surface area (Å²) in [5.41, 5.74) is 5.68. The highest BCUT2D eigenvalue weighted by molar-refractivity contribution is 4.77. The summed E-state index contributed by atoms with van der Waals surface area (Å²) in [7, 11) is 1.63. The monoisotopic (exact) mass is 145 g/mol. The predicted octanol–water partition coefficient (Wildman–Crippen LogP) is 0.487. The quantitative estimate of drug-likeness (QED) is 0.588. The van der Waals surface area contributed by atoms with Crippen LogP contribution in [0.5, 0.6) is 0 Å². The Hall–Kier alpha value is -0.120. The molecule has 0 aromatic rings. The van der Waals surface area contributed by atoms with Gasteiger partial charge in [-0.1, -0.05) is 0 Å². The van der Waals surface area contributed by atoms with E-state index in [9.17, 15) is 0 Å². The molecule has 1 rings (SSSR count). The second-order valence-electron chi connectivity index (χ2n) is 2.77. The number of hydrogen-bond acceptors (Lipinski definition) is 3. The van der Waals surface area contributed by atoms with E-state index in [1.165, 1.54) is 0 Å². The fourth-order valence-corrected chi connectivity index (χ4v) is 1.29. The van der Waals surface area contributed by atoms with Crippen LogP contribution in [0.4, 0.5) is 0 Å². The van der Waals surface area contributed by atoms with Crippen molar-refractivity contribution >= 4 is 0 Å². The zero-order valence-corrected chi connectivity index (χ0v) is 6.38. The molecular formula is C7H15NO2. The van der Waals surface area contributed by atoms with Gasteiger partial charge in [0.15, 0.2) is 0 Å². The van der Waals surface area contributed by atoms with Gasteiger partial charge in [0.25, 0.3) is 0 Å². The first-order chi connectivity index (χ1) is 4.83. The van der Waals surface area contributed by atoms with E-state index in [0.29, 0.717) is 18.9 Å². The number of methoxy groups -OCH3 is 1. The van der Waals surface area contributed by atoms with Crippen molar-refractivity contribution in [3.05, 3.63) is 0 Å². The second-order valence-corrected chi connectivity index (χ2v) is 2.77. The third-order valence-electron chi connectivity index (χ3n) is 1.85. The number of hydrogen-bond donors (Lipinski definition) is 1. The third kappa shape index (κ3) is 2.25. The van der Waals surface area contributed by atoms with Gasteiger partial charge in [0.1, 0.15) is 6.79 Å². The van der Waals surface area contributed by atoms with E-state index >= 15 is 0 Å². The first-order valence-electron chi connectivity index (χ1n) is 3.69. The maximum atomic E-state index is 5.68. The van der Waals surface area contributed by atoms with Gasteiger partial charge in [-0.25, -0.2) is 0 Å². The van der Waals surface area contributed by atoms with Crippen molar-refractivity contribution < 1.29 is 9.47 Å². The van der Waals surface area contributed by atoms with Crippen molar-refractivity contribution in [3.63, 3.8) is 0 Å². The van der Waals surface area contributed by atoms with Gasteiger partial charge in [-0.3, -0.25) is 0 Å². The molecule has 1 fully saturated rings. The van der Waals surface area contributed by atoms with Crippen molar-refractivity contribution in [2.75, 3.05) is 13.9 Å². The molecule has 0 unspecified atom stereocenters. The molecule has 2 atom stereocenters. The molecule has 1 aliphatic rings. The summed E-state index contributed by atoms with van der Waals surface area (Å²) >= 11 is 0. The Balaban J connectivity index is 2.06. The Morgan fingerprint density at radius 3 is 2.80 bits per heavy atom. The van der Waals surface area contributed by atoms with Gasteiger partial charge in [-0.15, -0.1) is 0 Å². The normalized spacial score (nSPS) is 33.0. The lowest BCUT2D eigenvalue weighted by atomic mass is 10.3. The molecule has 0 spiro atoms. The standard InChI is InChI=1S/C7H15NO2/c1-9-5-10-7-3-2-6(8)4-7/h6-7H,2-5,8H2,1H3/t6-,7+/m1/s1. The minimum absolute atomic E-state index is 0.343. The summed E-state index contributed by atoms with van der Waals surface area (Å²) in [5.74, 6) is 0. The predicted molar refractivity (Wildman–Crippen MR) is 38.6 cm³/mol. The molecule has 0 heterocycles. The van der Waals surface area contributed by atoms with Crippen molar-refractivity contribution in [3.8, 4) is 0 Å². The molecule has 0 radical (unpaired) electrons. The Morgan fingerprint density at radius 2 is 2.30 bits per heavy atom. The van der Waals surface area contributed by atoms with E-state index in [4.69, 9.17) is 15.2 Å². The average Bonchev–Trinajstić information content (AvgIpc) is 2.31. The molecule has 60 valence electrons. The van der Waals surface area contributed by atoms with Crippen LogP contribution in [0.1, 0.15) is 19.3 Å². The van der Waals surface area contributed by atoms with E-state index in [2.05, 4.69) is 0 Å². The Bertz CT molecular complexity index is 97.6. The fourth-order valence-electron chi connectivity index (χ4n) is 1.29. The molecule has 3 heteroatoms. The maximum Gasteiger partial charge on any atom is 0.146 e. The maximum absolute atomic E-state index is 5.68.